The van der Waals surface area contributed by atoms with Gasteiger partial charge in [0.25, 0.3) is 0 Å². The molecule has 6 N–H and O–H groups in total. The number of amides is 4. The number of hydrogen-bond acceptors (Lipinski definition) is 14. The highest BCUT2D eigenvalue weighted by molar-refractivity contribution is 7.89. The number of sulfonamides is 2. The molecule has 4 atom stereocenters. The lowest BCUT2D eigenvalue weighted by Gasteiger charge is -2.28. The van der Waals surface area contributed by atoms with E-state index in [2.05, 4.69) is 30.7 Å². The van der Waals surface area contributed by atoms with Crippen LogP contribution in [0.2, 0.25) is 20.1 Å². The van der Waals surface area contributed by atoms with E-state index >= 15 is 8.78 Å². The van der Waals surface area contributed by atoms with Crippen molar-refractivity contribution < 1.29 is 63.6 Å². The number of hydrogen-bond donors (Lipinski definition) is 6. The zero-order valence-electron chi connectivity index (χ0n) is 46.5. The molecule has 0 radical (unpaired) electrons. The van der Waals surface area contributed by atoms with E-state index in [0.717, 1.165) is 34.4 Å². The monoisotopic (exact) mass is 1270 g/mol. The molecule has 0 spiro atoms. The lowest BCUT2D eigenvalue weighted by atomic mass is 10.1. The Morgan fingerprint density at radius 3 is 1.21 bits per heavy atom. The fourth-order valence-corrected chi connectivity index (χ4v) is 12.7. The number of aryl methyl sites for hydroxylation is 2. The molecule has 28 heteroatoms. The van der Waals surface area contributed by atoms with Crippen molar-refractivity contribution in [3.8, 4) is 11.5 Å². The number of rotatable bonds is 33. The Morgan fingerprint density at radius 1 is 0.512 bits per heavy atom. The van der Waals surface area contributed by atoms with Crippen molar-refractivity contribution in [2.75, 3.05) is 120 Å². The van der Waals surface area contributed by atoms with Crippen LogP contribution in [0.4, 0.5) is 18.4 Å². The van der Waals surface area contributed by atoms with Gasteiger partial charge in [-0.15, -0.1) is 0 Å². The molecule has 0 bridgehead atoms. The summed E-state index contributed by atoms with van der Waals surface area (Å²) in [6, 6.07) is 10.5. The second-order valence-electron chi connectivity index (χ2n) is 19.9. The van der Waals surface area contributed by atoms with Crippen LogP contribution in [-0.4, -0.2) is 171 Å². The molecule has 20 nitrogen and oxygen atoms in total. The van der Waals surface area contributed by atoms with Crippen molar-refractivity contribution in [1.82, 2.24) is 40.5 Å². The quantitative estimate of drug-likeness (QED) is 0.0261. The second-order valence-corrected chi connectivity index (χ2v) is 25.0. The second kappa shape index (κ2) is 31.7. The molecule has 4 aromatic rings. The van der Waals surface area contributed by atoms with Crippen molar-refractivity contribution in [2.24, 2.45) is 0 Å². The third kappa shape index (κ3) is 19.1. The minimum atomic E-state index is -4.22. The lowest BCUT2D eigenvalue weighted by molar-refractivity contribution is 0.0516. The highest BCUT2D eigenvalue weighted by atomic mass is 35.5. The van der Waals surface area contributed by atoms with Gasteiger partial charge >= 0.3 is 12.1 Å². The van der Waals surface area contributed by atoms with Crippen LogP contribution in [0, 0.1) is 25.5 Å². The summed E-state index contributed by atoms with van der Waals surface area (Å²) >= 11 is 25.5. The molecule has 0 aromatic heterocycles. The number of halogens is 6. The van der Waals surface area contributed by atoms with Crippen LogP contribution in [0.25, 0.3) is 0 Å². The van der Waals surface area contributed by atoms with E-state index in [9.17, 15) is 26.4 Å². The van der Waals surface area contributed by atoms with Crippen molar-refractivity contribution in [1.29, 1.82) is 0 Å². The minimum absolute atomic E-state index is 0.00389. The average Bonchev–Trinajstić information content (AvgIpc) is 3.14. The fourth-order valence-electron chi connectivity index (χ4n) is 9.18. The molecule has 82 heavy (non-hydrogen) atoms. The van der Waals surface area contributed by atoms with E-state index < -0.39 is 53.7 Å². The van der Waals surface area contributed by atoms with Crippen LogP contribution in [0.1, 0.15) is 58.4 Å². The first-order chi connectivity index (χ1) is 39.0. The third-order valence-corrected chi connectivity index (χ3v) is 17.5. The molecule has 0 saturated carbocycles. The number of fused-ring (bicyclic) bond motifs is 2. The summed E-state index contributed by atoms with van der Waals surface area (Å²) in [5.41, 5.74) is 4.23. The van der Waals surface area contributed by atoms with Gasteiger partial charge in [0.05, 0.1) is 64.9 Å². The van der Waals surface area contributed by atoms with E-state index in [0.29, 0.717) is 70.0 Å². The predicted molar refractivity (Wildman–Crippen MR) is 310 cm³/mol. The Kier molecular flexibility index (Phi) is 25.8. The van der Waals surface area contributed by atoms with Crippen LogP contribution < -0.4 is 40.2 Å². The Labute approximate surface area is 498 Å². The number of carbonyl (C=O) groups is 2. The Morgan fingerprint density at radius 2 is 0.854 bits per heavy atom. The van der Waals surface area contributed by atoms with Gasteiger partial charge in [0.1, 0.15) is 45.1 Å². The largest absolute Gasteiger partial charge is 0.484 e. The summed E-state index contributed by atoms with van der Waals surface area (Å²) in [7, 11) is -0.826. The molecular formula is C54H72Cl4F2N8O12S2. The molecule has 4 aromatic carbocycles. The number of ether oxygens (including phenoxy) is 6. The number of likely N-dealkylation sites (N-methyl/N-ethyl adjacent to an activating group) is 2. The maximum atomic E-state index is 15.4. The van der Waals surface area contributed by atoms with E-state index in [4.69, 9.17) is 74.8 Å². The standard InChI is InChI=1S/C54H72Cl4F2N8O12S2/c1-33-23-49(43(59)31-47(33)79-51-39-25-35(55)27-41(57)37(39)29-45(51)67(3)4)81(71,72)65-13-17-77-21-19-75-15-11-63-53(69)61-9-7-8-10-62-54(70)64-12-16-76-20-22-78-18-14-66-82(73,74)50-24-34(2)48(32-44(50)60)80-52-40-26-36(56)28-42(58)38(40)30-46(52)68(5)6/h23-28,31-32,45-46,51-52,65-66H,7-22,29-30H2,1-6H3,(H2,61,63,69)(H2,62,64,70)/t45-,46-,51-,52-/m0/s1. The third-order valence-electron chi connectivity index (χ3n) is 13.5. The summed E-state index contributed by atoms with van der Waals surface area (Å²) in [5.74, 6) is -1.55. The van der Waals surface area contributed by atoms with Gasteiger partial charge in [0.15, 0.2) is 0 Å². The molecule has 454 valence electrons. The SMILES string of the molecule is Cc1cc(S(=O)(=O)NCCOCCOCCNC(=O)NCCCCNC(=O)NCCOCCOCCNS(=O)(=O)c2cc(C)c(O[C@H]3c4cc(Cl)cc(Cl)c4C[C@@H]3N(C)C)cc2F)c(F)cc1O[C@H]1c2cc(Cl)cc(Cl)c2C[C@@H]1N(C)C. The first kappa shape index (κ1) is 66.8. The van der Waals surface area contributed by atoms with Crippen molar-refractivity contribution >= 4 is 78.5 Å². The lowest BCUT2D eigenvalue weighted by Crippen LogP contribution is -2.39. The van der Waals surface area contributed by atoms with Crippen molar-refractivity contribution in [2.45, 2.75) is 73.6 Å². The molecule has 0 aliphatic heterocycles. The highest BCUT2D eigenvalue weighted by Crippen LogP contribution is 2.45. The Bertz CT molecular complexity index is 2860. The molecule has 4 amide bonds. The number of carbonyl (C=O) groups excluding carboxylic acids is 2. The van der Waals surface area contributed by atoms with Gasteiger partial charge in [-0.2, -0.15) is 0 Å². The van der Waals surface area contributed by atoms with E-state index in [1.54, 1.807) is 38.1 Å². The van der Waals surface area contributed by atoms with Gasteiger partial charge in [0, 0.05) is 82.6 Å². The smallest absolute Gasteiger partial charge is 0.314 e. The first-order valence-corrected chi connectivity index (χ1v) is 31.0. The van der Waals surface area contributed by atoms with Gasteiger partial charge < -0.3 is 59.5 Å². The molecule has 2 aliphatic carbocycles. The van der Waals surface area contributed by atoms with Gasteiger partial charge in [-0.3, -0.25) is 0 Å². The highest BCUT2D eigenvalue weighted by Gasteiger charge is 2.40. The molecule has 6 rings (SSSR count). The van der Waals surface area contributed by atoms with E-state index in [-0.39, 0.29) is 115 Å². The minimum Gasteiger partial charge on any atom is -0.484 e. The van der Waals surface area contributed by atoms with E-state index in [1.165, 1.54) is 12.1 Å². The molecule has 0 saturated heterocycles. The Balaban J connectivity index is 0.722. The topological polar surface area (TPSA) is 236 Å². The zero-order valence-corrected chi connectivity index (χ0v) is 51.2. The summed E-state index contributed by atoms with van der Waals surface area (Å²) in [6.07, 6.45) is 1.38. The van der Waals surface area contributed by atoms with Crippen LogP contribution >= 0.6 is 46.4 Å². The van der Waals surface area contributed by atoms with Crippen LogP contribution in [-0.2, 0) is 51.8 Å². The van der Waals surface area contributed by atoms with Gasteiger partial charge in [0.2, 0.25) is 20.0 Å². The fraction of sp³-hybridized carbons (Fsp3) is 0.519. The number of urea groups is 2. The molecule has 2 aliphatic rings. The molecular weight excluding hydrogens is 1200 g/mol. The van der Waals surface area contributed by atoms with Crippen LogP contribution in [0.5, 0.6) is 11.5 Å². The van der Waals surface area contributed by atoms with E-state index in [1.807, 2.05) is 38.0 Å². The summed E-state index contributed by atoms with van der Waals surface area (Å²) in [6.45, 7) is 5.40. The number of unbranched alkanes of at least 4 members (excludes halogenated alkanes) is 1. The van der Waals surface area contributed by atoms with Gasteiger partial charge in [-0.1, -0.05) is 46.4 Å². The van der Waals surface area contributed by atoms with Crippen molar-refractivity contribution in [3.63, 3.8) is 0 Å². The summed E-state index contributed by atoms with van der Waals surface area (Å²) in [4.78, 5) is 27.2. The predicted octanol–water partition coefficient (Wildman–Crippen LogP) is 7.11. The zero-order chi connectivity index (χ0) is 59.7. The number of nitrogens with one attached hydrogen (secondary N) is 6. The normalized spacial score (nSPS) is 16.8. The first-order valence-electron chi connectivity index (χ1n) is 26.5. The number of benzene rings is 4. The van der Waals surface area contributed by atoms with Crippen LogP contribution in [0.3, 0.4) is 0 Å². The maximum Gasteiger partial charge on any atom is 0.314 e. The average molecular weight is 1270 g/mol. The van der Waals surface area contributed by atoms with Gasteiger partial charge in [-0.25, -0.2) is 44.6 Å². The maximum absolute atomic E-state index is 15.4. The number of nitrogens with zero attached hydrogens (tertiary/aromatic N) is 2. The van der Waals surface area contributed by atoms with Gasteiger partial charge in [-0.05, 0) is 126 Å². The molecule has 0 unspecified atom stereocenters. The van der Waals surface area contributed by atoms with Crippen molar-refractivity contribution in [3.05, 3.63) is 114 Å². The van der Waals surface area contributed by atoms with Crippen LogP contribution in [0.15, 0.2) is 58.3 Å². The summed E-state index contributed by atoms with van der Waals surface area (Å²) < 4.78 is 122. The molecule has 0 fully saturated rings. The Hall–Kier alpha value is -4.38. The summed E-state index contributed by atoms with van der Waals surface area (Å²) in [5, 5.41) is 12.7. The molecule has 0 heterocycles.